The van der Waals surface area contributed by atoms with Crippen molar-refractivity contribution in [3.05, 3.63) is 33.9 Å². The number of nitro groups is 1. The quantitative estimate of drug-likeness (QED) is 0.456. The molecule has 1 aromatic carbocycles. The third kappa shape index (κ3) is 3.63. The summed E-state index contributed by atoms with van der Waals surface area (Å²) in [5, 5.41) is 10.7. The van der Waals surface area contributed by atoms with Crippen molar-refractivity contribution in [2.75, 3.05) is 5.88 Å². The van der Waals surface area contributed by atoms with Crippen LogP contribution in [0.2, 0.25) is 0 Å². The molecule has 0 spiro atoms. The zero-order valence-corrected chi connectivity index (χ0v) is 9.69. The van der Waals surface area contributed by atoms with Crippen LogP contribution in [0.4, 0.5) is 14.5 Å². The lowest BCUT2D eigenvalue weighted by Crippen LogP contribution is -2.11. The van der Waals surface area contributed by atoms with Crippen LogP contribution in [-0.2, 0) is 11.2 Å². The molecule has 0 bridgehead atoms. The van der Waals surface area contributed by atoms with E-state index in [0.29, 0.717) is 0 Å². The molecule has 0 aliphatic carbocycles. The van der Waals surface area contributed by atoms with Gasteiger partial charge in [0.1, 0.15) is 5.75 Å². The maximum atomic E-state index is 12.1. The lowest BCUT2D eigenvalue weighted by atomic mass is 10.1. The Bertz CT molecular complexity index is 467. The molecular formula is C10H8ClF2NO4. The first-order chi connectivity index (χ1) is 8.45. The Hall–Kier alpha value is -1.76. The first kappa shape index (κ1) is 14.3. The van der Waals surface area contributed by atoms with Crippen molar-refractivity contribution >= 4 is 23.1 Å². The molecule has 0 unspecified atom stereocenters. The van der Waals surface area contributed by atoms with Gasteiger partial charge in [0, 0.05) is 12.5 Å². The summed E-state index contributed by atoms with van der Waals surface area (Å²) in [5.74, 6) is -1.28. The Kier molecular flexibility index (Phi) is 4.96. The molecule has 0 radical (unpaired) electrons. The van der Waals surface area contributed by atoms with Crippen molar-refractivity contribution in [2.24, 2.45) is 0 Å². The molecule has 1 rings (SSSR count). The average Bonchev–Trinajstić information content (AvgIpc) is 2.30. The number of hydrogen-bond donors (Lipinski definition) is 0. The second-order valence-corrected chi connectivity index (χ2v) is 3.51. The van der Waals surface area contributed by atoms with Gasteiger partial charge in [-0.05, 0) is 6.07 Å². The molecule has 1 aromatic rings. The minimum absolute atomic E-state index is 0.201. The lowest BCUT2D eigenvalue weighted by molar-refractivity contribution is -0.385. The topological polar surface area (TPSA) is 69.4 Å². The number of carbonyl (C=O) groups is 1. The fraction of sp³-hybridized carbons (Fsp3) is 0.300. The van der Waals surface area contributed by atoms with E-state index in [0.717, 1.165) is 12.1 Å². The van der Waals surface area contributed by atoms with Crippen molar-refractivity contribution in [1.82, 2.24) is 0 Å². The summed E-state index contributed by atoms with van der Waals surface area (Å²) in [4.78, 5) is 21.2. The molecule has 0 heterocycles. The third-order valence-electron chi connectivity index (χ3n) is 2.04. The van der Waals surface area contributed by atoms with Crippen LogP contribution in [0.15, 0.2) is 18.2 Å². The summed E-state index contributed by atoms with van der Waals surface area (Å²) in [5.41, 5.74) is -0.653. The van der Waals surface area contributed by atoms with Gasteiger partial charge < -0.3 is 4.74 Å². The Morgan fingerprint density at radius 3 is 2.67 bits per heavy atom. The first-order valence-electron chi connectivity index (χ1n) is 4.74. The van der Waals surface area contributed by atoms with Gasteiger partial charge in [-0.3, -0.25) is 14.9 Å². The van der Waals surface area contributed by atoms with Crippen LogP contribution >= 0.6 is 11.6 Å². The Morgan fingerprint density at radius 1 is 1.50 bits per heavy atom. The fourth-order valence-corrected chi connectivity index (χ4v) is 1.45. The SMILES string of the molecule is O=C(CCl)Cc1c(OC(F)F)cccc1[N+](=O)[O-]. The van der Waals surface area contributed by atoms with E-state index in [4.69, 9.17) is 11.6 Å². The molecule has 18 heavy (non-hydrogen) atoms. The minimum Gasteiger partial charge on any atom is -0.434 e. The monoisotopic (exact) mass is 279 g/mol. The van der Waals surface area contributed by atoms with Gasteiger partial charge in [-0.1, -0.05) is 6.07 Å². The zero-order valence-electron chi connectivity index (χ0n) is 8.94. The molecule has 0 saturated heterocycles. The first-order valence-corrected chi connectivity index (χ1v) is 5.28. The minimum atomic E-state index is -3.13. The van der Waals surface area contributed by atoms with E-state index in [9.17, 15) is 23.7 Å². The van der Waals surface area contributed by atoms with E-state index in [1.165, 1.54) is 6.07 Å². The molecule has 0 N–H and O–H groups in total. The number of nitrogens with zero attached hydrogens (tertiary/aromatic N) is 1. The number of halogens is 3. The lowest BCUT2D eigenvalue weighted by Gasteiger charge is -2.09. The number of rotatable bonds is 6. The van der Waals surface area contributed by atoms with Crippen molar-refractivity contribution in [2.45, 2.75) is 13.0 Å². The number of hydrogen-bond acceptors (Lipinski definition) is 4. The summed E-state index contributed by atoms with van der Waals surface area (Å²) in [6, 6.07) is 3.44. The van der Waals surface area contributed by atoms with E-state index in [1.807, 2.05) is 0 Å². The van der Waals surface area contributed by atoms with E-state index in [-0.39, 0.29) is 11.4 Å². The highest BCUT2D eigenvalue weighted by Crippen LogP contribution is 2.30. The fourth-order valence-electron chi connectivity index (χ4n) is 1.35. The number of benzene rings is 1. The van der Waals surface area contributed by atoms with E-state index in [1.54, 1.807) is 0 Å². The summed E-state index contributed by atoms with van der Waals surface area (Å²) in [7, 11) is 0. The van der Waals surface area contributed by atoms with Crippen LogP contribution in [0, 0.1) is 10.1 Å². The van der Waals surface area contributed by atoms with E-state index in [2.05, 4.69) is 4.74 Å². The van der Waals surface area contributed by atoms with Crippen molar-refractivity contribution in [3.8, 4) is 5.75 Å². The molecule has 0 saturated carbocycles. The molecule has 0 aromatic heterocycles. The van der Waals surface area contributed by atoms with Crippen LogP contribution in [0.1, 0.15) is 5.56 Å². The summed E-state index contributed by atoms with van der Waals surface area (Å²) in [6.45, 7) is -3.13. The number of alkyl halides is 3. The maximum absolute atomic E-state index is 12.1. The largest absolute Gasteiger partial charge is 0.434 e. The predicted molar refractivity (Wildman–Crippen MR) is 59.2 cm³/mol. The Labute approximate surface area is 105 Å². The van der Waals surface area contributed by atoms with Gasteiger partial charge in [0.15, 0.2) is 5.78 Å². The number of ketones is 1. The van der Waals surface area contributed by atoms with Crippen molar-refractivity contribution in [3.63, 3.8) is 0 Å². The van der Waals surface area contributed by atoms with Gasteiger partial charge in [-0.25, -0.2) is 0 Å². The van der Waals surface area contributed by atoms with Crippen LogP contribution in [0.3, 0.4) is 0 Å². The van der Waals surface area contributed by atoms with Gasteiger partial charge in [-0.15, -0.1) is 11.6 Å². The molecule has 0 amide bonds. The highest BCUT2D eigenvalue weighted by Gasteiger charge is 2.22. The van der Waals surface area contributed by atoms with Crippen LogP contribution in [0.5, 0.6) is 5.75 Å². The second kappa shape index (κ2) is 6.25. The highest BCUT2D eigenvalue weighted by atomic mass is 35.5. The third-order valence-corrected chi connectivity index (χ3v) is 2.34. The van der Waals surface area contributed by atoms with Gasteiger partial charge in [0.25, 0.3) is 5.69 Å². The van der Waals surface area contributed by atoms with Crippen molar-refractivity contribution < 1.29 is 23.2 Å². The van der Waals surface area contributed by atoms with Crippen LogP contribution in [-0.4, -0.2) is 23.2 Å². The number of Topliss-reactive ketones (excluding diaryl/α,β-unsaturated/α-hetero) is 1. The normalized spacial score (nSPS) is 10.4. The van der Waals surface area contributed by atoms with E-state index >= 15 is 0 Å². The predicted octanol–water partition coefficient (Wildman–Crippen LogP) is 2.55. The summed E-state index contributed by atoms with van der Waals surface area (Å²) >= 11 is 5.28. The maximum Gasteiger partial charge on any atom is 0.387 e. The van der Waals surface area contributed by atoms with Gasteiger partial charge in [-0.2, -0.15) is 8.78 Å². The van der Waals surface area contributed by atoms with Gasteiger partial charge in [0.05, 0.1) is 16.4 Å². The number of nitro benzene ring substituents is 1. The van der Waals surface area contributed by atoms with Gasteiger partial charge in [0.2, 0.25) is 0 Å². The second-order valence-electron chi connectivity index (χ2n) is 3.24. The summed E-state index contributed by atoms with van der Waals surface area (Å²) < 4.78 is 28.4. The smallest absolute Gasteiger partial charge is 0.387 e. The van der Waals surface area contributed by atoms with Crippen LogP contribution < -0.4 is 4.74 Å². The van der Waals surface area contributed by atoms with Gasteiger partial charge >= 0.3 is 6.61 Å². The molecule has 5 nitrogen and oxygen atoms in total. The Balaban J connectivity index is 3.20. The molecule has 0 atom stereocenters. The molecule has 8 heteroatoms. The number of ether oxygens (including phenoxy) is 1. The molecule has 98 valence electrons. The molecule has 0 fully saturated rings. The number of carbonyl (C=O) groups excluding carboxylic acids is 1. The molecular weight excluding hydrogens is 272 g/mol. The van der Waals surface area contributed by atoms with E-state index < -0.39 is 35.2 Å². The van der Waals surface area contributed by atoms with Crippen LogP contribution in [0.25, 0.3) is 0 Å². The Morgan fingerprint density at radius 2 is 2.17 bits per heavy atom. The zero-order chi connectivity index (χ0) is 13.7. The van der Waals surface area contributed by atoms with Crippen molar-refractivity contribution in [1.29, 1.82) is 0 Å². The standard InChI is InChI=1S/C10H8ClF2NO4/c11-5-6(15)4-7-8(14(16)17)2-1-3-9(7)18-10(12)13/h1-3,10H,4-5H2. The molecule has 0 aliphatic heterocycles. The molecule has 0 aliphatic rings. The summed E-state index contributed by atoms with van der Waals surface area (Å²) in [6.07, 6.45) is -0.428. The highest BCUT2D eigenvalue weighted by molar-refractivity contribution is 6.27. The average molecular weight is 280 g/mol.